The van der Waals surface area contributed by atoms with Crippen molar-refractivity contribution < 1.29 is 43.3 Å². The van der Waals surface area contributed by atoms with Gasteiger partial charge in [0.2, 0.25) is 0 Å². The Labute approximate surface area is 239 Å². The quantitative estimate of drug-likeness (QED) is 0.162. The lowest BCUT2D eigenvalue weighted by atomic mass is 10.2. The summed E-state index contributed by atoms with van der Waals surface area (Å²) >= 11 is 9.07. The molecule has 3 nitrogen and oxygen atoms in total. The molecule has 198 valence electrons. The maximum atomic E-state index is 13.0. The molecule has 0 atom stereocenters. The van der Waals surface area contributed by atoms with Gasteiger partial charge in [0.25, 0.3) is 0 Å². The summed E-state index contributed by atoms with van der Waals surface area (Å²) in [5, 5.41) is 0. The van der Waals surface area contributed by atoms with E-state index in [2.05, 4.69) is 31.9 Å². The van der Waals surface area contributed by atoms with Gasteiger partial charge < -0.3 is 12.4 Å². The van der Waals surface area contributed by atoms with Crippen LogP contribution in [0.25, 0.3) is 11.0 Å². The van der Waals surface area contributed by atoms with Crippen molar-refractivity contribution in [1.29, 1.82) is 0 Å². The molecule has 0 radical (unpaired) electrons. The third-order valence-corrected chi connectivity index (χ3v) is 9.18. The lowest BCUT2D eigenvalue weighted by Crippen LogP contribution is -3.00. The van der Waals surface area contributed by atoms with Gasteiger partial charge in [0, 0.05) is 18.7 Å². The normalized spacial score (nSPS) is 12.1. The zero-order chi connectivity index (χ0) is 26.3. The Morgan fingerprint density at radius 3 is 1.81 bits per heavy atom. The highest BCUT2D eigenvalue weighted by Crippen LogP contribution is 2.38. The van der Waals surface area contributed by atoms with Crippen LogP contribution in [0.5, 0.6) is 0 Å². The fraction of sp³-hybridized carbons (Fsp3) is 0.174. The van der Waals surface area contributed by atoms with Gasteiger partial charge in [-0.25, -0.2) is 9.13 Å². The zero-order valence-corrected chi connectivity index (χ0v) is 23.9. The zero-order valence-electron chi connectivity index (χ0n) is 18.4. The van der Waals surface area contributed by atoms with Crippen molar-refractivity contribution in [3.05, 3.63) is 80.7 Å². The molecule has 3 aromatic carbocycles. The van der Waals surface area contributed by atoms with Crippen molar-refractivity contribution in [2.45, 2.75) is 33.9 Å². The number of fused-ring (bicyclic) bond motifs is 1. The number of halogens is 9. The SMILES string of the molecule is Nc1n(CSc2ccc(C(F)(F)F)cc2Br)c2ccccc2[n+]1CSc1ccc(C(F)(F)F)cc1Br.[Cl-]. The molecule has 14 heteroatoms. The van der Waals surface area contributed by atoms with Gasteiger partial charge in [-0.3, -0.25) is 5.73 Å². The van der Waals surface area contributed by atoms with Crippen molar-refractivity contribution in [1.82, 2.24) is 4.57 Å². The summed E-state index contributed by atoms with van der Waals surface area (Å²) < 4.78 is 82.1. The highest BCUT2D eigenvalue weighted by atomic mass is 79.9. The first-order valence-electron chi connectivity index (χ1n) is 10.1. The van der Waals surface area contributed by atoms with E-state index in [4.69, 9.17) is 5.73 Å². The highest BCUT2D eigenvalue weighted by molar-refractivity contribution is 9.10. The van der Waals surface area contributed by atoms with Crippen LogP contribution >= 0.6 is 55.4 Å². The van der Waals surface area contributed by atoms with E-state index in [-0.39, 0.29) is 12.4 Å². The molecule has 0 bridgehead atoms. The number of nitrogens with zero attached hydrogens (tertiary/aromatic N) is 2. The van der Waals surface area contributed by atoms with Gasteiger partial charge in [0.05, 0.1) is 11.1 Å². The monoisotopic (exact) mass is 705 g/mol. The van der Waals surface area contributed by atoms with Gasteiger partial charge in [0.1, 0.15) is 22.8 Å². The minimum Gasteiger partial charge on any atom is -1.00 e. The summed E-state index contributed by atoms with van der Waals surface area (Å²) in [6.07, 6.45) is -8.86. The predicted octanol–water partition coefficient (Wildman–Crippen LogP) is 5.58. The maximum Gasteiger partial charge on any atom is 0.416 e. The van der Waals surface area contributed by atoms with Crippen LogP contribution in [0.15, 0.2) is 79.4 Å². The molecule has 1 aromatic heterocycles. The fourth-order valence-electron chi connectivity index (χ4n) is 3.44. The van der Waals surface area contributed by atoms with E-state index in [1.807, 2.05) is 33.4 Å². The molecule has 0 spiro atoms. The smallest absolute Gasteiger partial charge is 0.416 e. The number of para-hydroxylation sites is 2. The van der Waals surface area contributed by atoms with Gasteiger partial charge >= 0.3 is 18.3 Å². The highest BCUT2D eigenvalue weighted by Gasteiger charge is 2.32. The van der Waals surface area contributed by atoms with E-state index in [9.17, 15) is 26.3 Å². The molecule has 0 saturated carbocycles. The minimum absolute atomic E-state index is 0. The standard InChI is InChI=1S/C23H15Br2F6N3S2.ClH/c24-15-9-13(22(26,27)28)5-7-19(15)35-11-33-17-3-1-2-4-18(17)34(21(33)32)12-36-20-8-6-14(10-16(20)25)23(29,30)31;/h1-10,32H,11-12H2;1H. The van der Waals surface area contributed by atoms with Gasteiger partial charge in [-0.15, -0.1) is 0 Å². The number of thioether (sulfide) groups is 2. The molecule has 0 amide bonds. The molecular formula is C23H16Br2ClF6N3S2. The topological polar surface area (TPSA) is 34.8 Å². The van der Waals surface area contributed by atoms with Crippen molar-refractivity contribution in [3.8, 4) is 0 Å². The summed E-state index contributed by atoms with van der Waals surface area (Å²) in [5.74, 6) is 1.07. The number of nitrogens with two attached hydrogens (primary N) is 1. The lowest BCUT2D eigenvalue weighted by molar-refractivity contribution is -0.635. The molecule has 4 rings (SSSR count). The van der Waals surface area contributed by atoms with Crippen LogP contribution in [0.1, 0.15) is 11.1 Å². The number of anilines is 1. The summed E-state index contributed by atoms with van der Waals surface area (Å²) in [4.78, 5) is 1.24. The molecule has 1 heterocycles. The number of rotatable bonds is 6. The summed E-state index contributed by atoms with van der Waals surface area (Å²) in [7, 11) is 0. The molecule has 0 fully saturated rings. The average molecular weight is 708 g/mol. The first-order valence-corrected chi connectivity index (χ1v) is 13.7. The molecule has 0 unspecified atom stereocenters. The molecule has 0 saturated heterocycles. The van der Waals surface area contributed by atoms with Crippen LogP contribution in [-0.2, 0) is 24.1 Å². The van der Waals surface area contributed by atoms with Gasteiger partial charge in [-0.1, -0.05) is 35.7 Å². The van der Waals surface area contributed by atoms with Crippen LogP contribution in [0.4, 0.5) is 32.3 Å². The summed E-state index contributed by atoms with van der Waals surface area (Å²) in [6, 6.07) is 14.4. The average Bonchev–Trinajstić information content (AvgIpc) is 3.06. The van der Waals surface area contributed by atoms with Gasteiger partial charge in [0.15, 0.2) is 0 Å². The van der Waals surface area contributed by atoms with Crippen LogP contribution in [-0.4, -0.2) is 4.57 Å². The van der Waals surface area contributed by atoms with E-state index < -0.39 is 23.5 Å². The third-order valence-electron chi connectivity index (χ3n) is 5.23. The van der Waals surface area contributed by atoms with Gasteiger partial charge in [-0.2, -0.15) is 26.3 Å². The van der Waals surface area contributed by atoms with Crippen LogP contribution in [0.3, 0.4) is 0 Å². The molecule has 0 aliphatic carbocycles. The molecule has 4 aromatic rings. The van der Waals surface area contributed by atoms with Crippen molar-refractivity contribution in [2.75, 3.05) is 5.73 Å². The number of alkyl halides is 6. The second-order valence-corrected chi connectivity index (χ2v) is 11.2. The number of hydrogen-bond acceptors (Lipinski definition) is 3. The van der Waals surface area contributed by atoms with Crippen LogP contribution < -0.4 is 22.7 Å². The molecule has 0 aliphatic rings. The molecule has 2 N–H and O–H groups in total. The number of nitrogen functional groups attached to an aromatic ring is 1. The number of benzene rings is 3. The Morgan fingerprint density at radius 2 is 1.30 bits per heavy atom. The Hall–Kier alpha value is -1.54. The largest absolute Gasteiger partial charge is 1.00 e. The molecule has 37 heavy (non-hydrogen) atoms. The van der Waals surface area contributed by atoms with Crippen molar-refractivity contribution in [2.24, 2.45) is 0 Å². The predicted molar refractivity (Wildman–Crippen MR) is 137 cm³/mol. The summed E-state index contributed by atoms with van der Waals surface area (Å²) in [5.41, 5.74) is 6.61. The van der Waals surface area contributed by atoms with Crippen molar-refractivity contribution in [3.63, 3.8) is 0 Å². The Kier molecular flexibility index (Phi) is 9.48. The minimum atomic E-state index is -4.43. The number of aromatic nitrogens is 2. The first kappa shape index (κ1) is 30.0. The number of imidazole rings is 1. The number of hydrogen-bond donors (Lipinski definition) is 1. The van der Waals surface area contributed by atoms with E-state index in [1.54, 1.807) is 0 Å². The second kappa shape index (κ2) is 11.7. The Bertz CT molecular complexity index is 1320. The Balaban J connectivity index is 0.00000380. The molecule has 0 aliphatic heterocycles. The first-order chi connectivity index (χ1) is 16.9. The third kappa shape index (κ3) is 6.73. The fourth-order valence-corrected chi connectivity index (χ4v) is 6.69. The summed E-state index contributed by atoms with van der Waals surface area (Å²) in [6.45, 7) is 0. The second-order valence-electron chi connectivity index (χ2n) is 7.54. The van der Waals surface area contributed by atoms with E-state index >= 15 is 0 Å². The van der Waals surface area contributed by atoms with Gasteiger partial charge in [-0.05, 0) is 80.4 Å². The van der Waals surface area contributed by atoms with Crippen molar-refractivity contribution >= 4 is 72.4 Å². The molecular weight excluding hydrogens is 692 g/mol. The van der Waals surface area contributed by atoms with E-state index in [0.29, 0.717) is 36.4 Å². The lowest BCUT2D eigenvalue weighted by Gasteiger charge is -2.10. The van der Waals surface area contributed by atoms with E-state index in [0.717, 1.165) is 35.3 Å². The maximum absolute atomic E-state index is 13.0. The van der Waals surface area contributed by atoms with Crippen LogP contribution in [0, 0.1) is 0 Å². The van der Waals surface area contributed by atoms with E-state index in [1.165, 1.54) is 35.7 Å². The van der Waals surface area contributed by atoms with Crippen LogP contribution in [0.2, 0.25) is 0 Å². The Morgan fingerprint density at radius 1 is 0.784 bits per heavy atom.